The minimum atomic E-state index is -0.521. The number of carbonyl (C=O) groups excluding carboxylic acids is 1. The molecule has 1 saturated heterocycles. The van der Waals surface area contributed by atoms with Crippen LogP contribution < -0.4 is 5.32 Å². The Labute approximate surface area is 79.8 Å². The van der Waals surface area contributed by atoms with Crippen LogP contribution in [0.3, 0.4) is 0 Å². The minimum Gasteiger partial charge on any atom is -0.463 e. The van der Waals surface area contributed by atoms with Crippen molar-refractivity contribution in [1.82, 2.24) is 5.32 Å². The van der Waals surface area contributed by atoms with Gasteiger partial charge in [-0.2, -0.15) is 0 Å². The molecular formula is C10H19NO2. The maximum Gasteiger partial charge on any atom is 0.325 e. The average molecular weight is 185 g/mol. The molecule has 0 amide bonds. The molecule has 0 radical (unpaired) electrons. The Balaban J connectivity index is 2.60. The number of carbonyl (C=O) groups is 1. The van der Waals surface area contributed by atoms with Crippen LogP contribution in [-0.4, -0.2) is 24.2 Å². The van der Waals surface area contributed by atoms with Crippen LogP contribution in [-0.2, 0) is 9.53 Å². The smallest absolute Gasteiger partial charge is 0.325 e. The molecule has 0 bridgehead atoms. The summed E-state index contributed by atoms with van der Waals surface area (Å²) in [7, 11) is 0. The molecule has 1 fully saturated rings. The minimum absolute atomic E-state index is 0.146. The van der Waals surface area contributed by atoms with Gasteiger partial charge < -0.3 is 4.74 Å². The average Bonchev–Trinajstić information content (AvgIpc) is 2.08. The summed E-state index contributed by atoms with van der Waals surface area (Å²) in [6.45, 7) is 8.56. The van der Waals surface area contributed by atoms with E-state index in [2.05, 4.69) is 19.2 Å². The van der Waals surface area contributed by atoms with Crippen molar-refractivity contribution in [3.8, 4) is 0 Å². The number of ether oxygens (including phenoxy) is 1. The molecule has 0 aromatic rings. The highest BCUT2D eigenvalue weighted by atomic mass is 16.5. The fraction of sp³-hybridized carbons (Fsp3) is 0.900. The molecule has 3 heteroatoms. The van der Waals surface area contributed by atoms with Gasteiger partial charge >= 0.3 is 5.97 Å². The van der Waals surface area contributed by atoms with Crippen LogP contribution in [0, 0.1) is 5.92 Å². The lowest BCUT2D eigenvalue weighted by molar-refractivity contribution is -0.158. The second-order valence-corrected chi connectivity index (χ2v) is 4.36. The summed E-state index contributed by atoms with van der Waals surface area (Å²) in [6.07, 6.45) is 1.10. The van der Waals surface area contributed by atoms with E-state index in [1.807, 2.05) is 13.8 Å². The van der Waals surface area contributed by atoms with Gasteiger partial charge in [-0.1, -0.05) is 20.3 Å². The molecule has 1 unspecified atom stereocenters. The topological polar surface area (TPSA) is 38.3 Å². The van der Waals surface area contributed by atoms with Gasteiger partial charge in [0.2, 0.25) is 0 Å². The van der Waals surface area contributed by atoms with Gasteiger partial charge in [0.15, 0.2) is 0 Å². The van der Waals surface area contributed by atoms with E-state index in [4.69, 9.17) is 4.74 Å². The van der Waals surface area contributed by atoms with Crippen LogP contribution in [0.4, 0.5) is 0 Å². The summed E-state index contributed by atoms with van der Waals surface area (Å²) in [5.41, 5.74) is -0.521. The quantitative estimate of drug-likeness (QED) is 0.659. The lowest BCUT2D eigenvalue weighted by Crippen LogP contribution is -2.60. The van der Waals surface area contributed by atoms with Crippen LogP contribution in [0.25, 0.3) is 0 Å². The maximum atomic E-state index is 11.3. The van der Waals surface area contributed by atoms with Gasteiger partial charge in [-0.05, 0) is 19.8 Å². The normalized spacial score (nSPS) is 29.5. The standard InChI is InChI=1S/C10H19NO2/c1-5-7(2)8-6-13-9(12)10(3,4)11-8/h7-8,11H,5-6H2,1-4H3/t7?,8-/m1/s1. The third kappa shape index (κ3) is 2.21. The van der Waals surface area contributed by atoms with E-state index in [0.29, 0.717) is 18.6 Å². The Kier molecular flexibility index (Phi) is 2.96. The first-order chi connectivity index (χ1) is 5.97. The van der Waals surface area contributed by atoms with Crippen LogP contribution in [0.5, 0.6) is 0 Å². The van der Waals surface area contributed by atoms with E-state index in [9.17, 15) is 4.79 Å². The highest BCUT2D eigenvalue weighted by Crippen LogP contribution is 2.18. The Bertz CT molecular complexity index is 201. The van der Waals surface area contributed by atoms with E-state index in [1.54, 1.807) is 0 Å². The Morgan fingerprint density at radius 1 is 1.69 bits per heavy atom. The highest BCUT2D eigenvalue weighted by Gasteiger charge is 2.37. The van der Waals surface area contributed by atoms with Crippen molar-refractivity contribution < 1.29 is 9.53 Å². The molecule has 1 heterocycles. The predicted octanol–water partition coefficient (Wildman–Crippen LogP) is 1.33. The second kappa shape index (κ2) is 3.66. The van der Waals surface area contributed by atoms with Crippen molar-refractivity contribution in [2.75, 3.05) is 6.61 Å². The molecule has 0 aromatic heterocycles. The zero-order valence-electron chi connectivity index (χ0n) is 8.89. The second-order valence-electron chi connectivity index (χ2n) is 4.36. The lowest BCUT2D eigenvalue weighted by atomic mass is 9.94. The van der Waals surface area contributed by atoms with Crippen molar-refractivity contribution in [1.29, 1.82) is 0 Å². The molecule has 2 atom stereocenters. The summed E-state index contributed by atoms with van der Waals surface area (Å²) in [6, 6.07) is 0.303. The molecule has 1 rings (SSSR count). The van der Waals surface area contributed by atoms with Gasteiger partial charge in [0, 0.05) is 6.04 Å². The van der Waals surface area contributed by atoms with Crippen LogP contribution in [0.2, 0.25) is 0 Å². The zero-order chi connectivity index (χ0) is 10.1. The third-order valence-electron chi connectivity index (χ3n) is 2.78. The summed E-state index contributed by atoms with van der Waals surface area (Å²) in [5, 5.41) is 3.32. The number of morpholine rings is 1. The molecule has 3 nitrogen and oxygen atoms in total. The van der Waals surface area contributed by atoms with Gasteiger partial charge in [0.25, 0.3) is 0 Å². The van der Waals surface area contributed by atoms with E-state index >= 15 is 0 Å². The van der Waals surface area contributed by atoms with E-state index in [0.717, 1.165) is 6.42 Å². The highest BCUT2D eigenvalue weighted by molar-refractivity contribution is 5.80. The van der Waals surface area contributed by atoms with Gasteiger partial charge in [-0.3, -0.25) is 10.1 Å². The van der Waals surface area contributed by atoms with Crippen molar-refractivity contribution in [2.45, 2.75) is 45.7 Å². The molecule has 76 valence electrons. The van der Waals surface area contributed by atoms with Crippen molar-refractivity contribution >= 4 is 5.97 Å². The number of cyclic esters (lactones) is 1. The molecule has 0 saturated carbocycles. The monoisotopic (exact) mass is 185 g/mol. The van der Waals surface area contributed by atoms with Gasteiger partial charge in [-0.15, -0.1) is 0 Å². The van der Waals surface area contributed by atoms with Crippen molar-refractivity contribution in [2.24, 2.45) is 5.92 Å². The summed E-state index contributed by atoms with van der Waals surface area (Å²) >= 11 is 0. The number of hydrogen-bond donors (Lipinski definition) is 1. The molecule has 1 aliphatic heterocycles. The first-order valence-electron chi connectivity index (χ1n) is 4.92. The van der Waals surface area contributed by atoms with E-state index in [-0.39, 0.29) is 5.97 Å². The van der Waals surface area contributed by atoms with Crippen molar-refractivity contribution in [3.05, 3.63) is 0 Å². The predicted molar refractivity (Wildman–Crippen MR) is 51.4 cm³/mol. The summed E-state index contributed by atoms with van der Waals surface area (Å²) in [4.78, 5) is 11.3. The van der Waals surface area contributed by atoms with Crippen LogP contribution in [0.1, 0.15) is 34.1 Å². The number of esters is 1. The lowest BCUT2D eigenvalue weighted by Gasteiger charge is -2.37. The molecule has 0 aliphatic carbocycles. The molecule has 13 heavy (non-hydrogen) atoms. The maximum absolute atomic E-state index is 11.3. The fourth-order valence-corrected chi connectivity index (χ4v) is 1.50. The first kappa shape index (κ1) is 10.5. The van der Waals surface area contributed by atoms with Gasteiger partial charge in [0.05, 0.1) is 0 Å². The fourth-order valence-electron chi connectivity index (χ4n) is 1.50. The Morgan fingerprint density at radius 3 is 2.77 bits per heavy atom. The number of nitrogens with one attached hydrogen (secondary N) is 1. The molecule has 0 aromatic carbocycles. The van der Waals surface area contributed by atoms with Gasteiger partial charge in [0.1, 0.15) is 12.1 Å². The SMILES string of the molecule is CCC(C)[C@H]1COC(=O)C(C)(C)N1. The van der Waals surface area contributed by atoms with Crippen LogP contribution >= 0.6 is 0 Å². The largest absolute Gasteiger partial charge is 0.463 e. The third-order valence-corrected chi connectivity index (χ3v) is 2.78. The zero-order valence-corrected chi connectivity index (χ0v) is 8.89. The van der Waals surface area contributed by atoms with Crippen molar-refractivity contribution in [3.63, 3.8) is 0 Å². The number of rotatable bonds is 2. The summed E-state index contributed by atoms with van der Waals surface area (Å²) in [5.74, 6) is 0.402. The number of hydrogen-bond acceptors (Lipinski definition) is 3. The Morgan fingerprint density at radius 2 is 2.31 bits per heavy atom. The summed E-state index contributed by atoms with van der Waals surface area (Å²) < 4.78 is 5.13. The molecule has 1 aliphatic rings. The molecular weight excluding hydrogens is 166 g/mol. The molecule has 1 N–H and O–H groups in total. The Hall–Kier alpha value is -0.570. The van der Waals surface area contributed by atoms with E-state index in [1.165, 1.54) is 0 Å². The van der Waals surface area contributed by atoms with E-state index < -0.39 is 5.54 Å². The van der Waals surface area contributed by atoms with Gasteiger partial charge in [-0.25, -0.2) is 0 Å². The van der Waals surface area contributed by atoms with Crippen LogP contribution in [0.15, 0.2) is 0 Å². The first-order valence-corrected chi connectivity index (χ1v) is 4.92. The molecule has 0 spiro atoms.